The zero-order valence-electron chi connectivity index (χ0n) is 34.1. The molecular formula is C40H48N8O16. The number of nitrogens with one attached hydrogen (secondary N) is 7. The average Bonchev–Trinajstić information content (AvgIpc) is 3.63. The topological polar surface area (TPSA) is 403 Å². The summed E-state index contributed by atoms with van der Waals surface area (Å²) in [5, 5.41) is 61.0. The molecule has 344 valence electrons. The number of carboxylic acids is 5. The van der Waals surface area contributed by atoms with Gasteiger partial charge in [0.05, 0.1) is 25.3 Å². The van der Waals surface area contributed by atoms with Crippen molar-refractivity contribution < 1.29 is 78.3 Å². The molecule has 0 fully saturated rings. The summed E-state index contributed by atoms with van der Waals surface area (Å²) >= 11 is 0. The Morgan fingerprint density at radius 1 is 0.531 bits per heavy atom. The van der Waals surface area contributed by atoms with Crippen LogP contribution < -0.4 is 37.6 Å². The largest absolute Gasteiger partial charge is 0.481 e. The maximum atomic E-state index is 14.0. The van der Waals surface area contributed by atoms with E-state index < -0.39 is 140 Å². The van der Waals surface area contributed by atoms with Crippen LogP contribution in [0.15, 0.2) is 60.8 Å². The maximum Gasteiger partial charge on any atom is 0.326 e. The van der Waals surface area contributed by atoms with Crippen LogP contribution in [0.5, 0.6) is 0 Å². The molecule has 2 aromatic carbocycles. The number of aliphatic carboxylic acids is 5. The van der Waals surface area contributed by atoms with Crippen molar-refractivity contribution >= 4 is 76.2 Å². The number of aromatic amines is 1. The van der Waals surface area contributed by atoms with E-state index in [1.807, 2.05) is 5.32 Å². The standard InChI is InChI=1S/C40H48N8O16/c1-19(43-35(58)23(41)11-12-30(49)50)34(57)44-26(15-31(51)52)37(60)47-27(16-32(53)54)38(61)45-25(14-21-18-42-24-10-6-5-9-22(21)24)36(59)46-28(17-33(55)56)39(62)48-29(40(63)64)13-20-7-3-2-4-8-20/h2-10,18-19,23,25-29,42H,11-17,41H2,1H3,(H,43,58)(H,44,57)(H,45,61)(H,46,59)(H,47,60)(H,48,62)(H,49,50)(H,51,52)(H,53,54)(H,55,56)(H,63,64)/t19-,23-,25-,26-,27-,28-,29-/m0/s1. The Morgan fingerprint density at radius 2 is 0.984 bits per heavy atom. The maximum absolute atomic E-state index is 14.0. The van der Waals surface area contributed by atoms with E-state index in [9.17, 15) is 73.2 Å². The summed E-state index contributed by atoms with van der Waals surface area (Å²) in [5.41, 5.74) is 7.13. The Morgan fingerprint density at radius 3 is 1.48 bits per heavy atom. The third-order valence-corrected chi connectivity index (χ3v) is 9.42. The highest BCUT2D eigenvalue weighted by Crippen LogP contribution is 2.20. The number of fused-ring (bicyclic) bond motifs is 1. The van der Waals surface area contributed by atoms with Crippen molar-refractivity contribution in [3.8, 4) is 0 Å². The number of para-hydroxylation sites is 1. The fourth-order valence-corrected chi connectivity index (χ4v) is 6.11. The minimum absolute atomic E-state index is 0.219. The van der Waals surface area contributed by atoms with Gasteiger partial charge in [0.25, 0.3) is 0 Å². The van der Waals surface area contributed by atoms with Gasteiger partial charge in [0.15, 0.2) is 0 Å². The van der Waals surface area contributed by atoms with Gasteiger partial charge < -0.3 is 68.2 Å². The number of amides is 6. The molecule has 24 nitrogen and oxygen atoms in total. The minimum Gasteiger partial charge on any atom is -0.481 e. The van der Waals surface area contributed by atoms with Gasteiger partial charge in [-0.25, -0.2) is 4.79 Å². The molecule has 1 heterocycles. The van der Waals surface area contributed by atoms with Crippen LogP contribution in [0.3, 0.4) is 0 Å². The van der Waals surface area contributed by atoms with Crippen LogP contribution in [-0.2, 0) is 65.6 Å². The van der Waals surface area contributed by atoms with Crippen molar-refractivity contribution in [1.29, 1.82) is 0 Å². The number of H-pyrrole nitrogens is 1. The lowest BCUT2D eigenvalue weighted by Crippen LogP contribution is -2.60. The second kappa shape index (κ2) is 23.9. The number of carbonyl (C=O) groups is 11. The minimum atomic E-state index is -2.08. The molecule has 3 rings (SSSR count). The SMILES string of the molecule is C[C@H](NC(=O)[C@@H](N)CCC(=O)O)C(=O)N[C@@H](CC(=O)O)C(=O)N[C@@H](CC(=O)O)C(=O)N[C@@H](Cc1c[nH]c2ccccc12)C(=O)N[C@@H](CC(=O)O)C(=O)N[C@@H](Cc1ccccc1)C(=O)O. The first-order valence-electron chi connectivity index (χ1n) is 19.4. The van der Waals surface area contributed by atoms with E-state index in [-0.39, 0.29) is 12.8 Å². The molecule has 0 saturated carbocycles. The molecule has 3 aromatic rings. The van der Waals surface area contributed by atoms with Crippen LogP contribution >= 0.6 is 0 Å². The zero-order chi connectivity index (χ0) is 47.7. The first-order valence-corrected chi connectivity index (χ1v) is 19.4. The number of carboxylic acid groups (broad SMARTS) is 5. The summed E-state index contributed by atoms with van der Waals surface area (Å²) in [4.78, 5) is 141. The van der Waals surface area contributed by atoms with Crippen LogP contribution in [0.2, 0.25) is 0 Å². The second-order valence-corrected chi connectivity index (χ2v) is 14.5. The van der Waals surface area contributed by atoms with Gasteiger partial charge in [0.1, 0.15) is 36.3 Å². The summed E-state index contributed by atoms with van der Waals surface area (Å²) in [7, 11) is 0. The summed E-state index contributed by atoms with van der Waals surface area (Å²) in [6.45, 7) is 1.13. The lowest BCUT2D eigenvalue weighted by molar-refractivity contribution is -0.144. The van der Waals surface area contributed by atoms with Crippen LogP contribution in [0.25, 0.3) is 10.9 Å². The van der Waals surface area contributed by atoms with E-state index >= 15 is 0 Å². The molecule has 24 heteroatoms. The van der Waals surface area contributed by atoms with Gasteiger partial charge in [0, 0.05) is 36.4 Å². The fraction of sp³-hybridized carbons (Fsp3) is 0.375. The van der Waals surface area contributed by atoms with Crippen LogP contribution in [0.4, 0.5) is 0 Å². The van der Waals surface area contributed by atoms with Gasteiger partial charge in [-0.05, 0) is 30.5 Å². The highest BCUT2D eigenvalue weighted by Gasteiger charge is 2.35. The van der Waals surface area contributed by atoms with Crippen LogP contribution in [-0.4, -0.2) is 138 Å². The predicted molar refractivity (Wildman–Crippen MR) is 219 cm³/mol. The highest BCUT2D eigenvalue weighted by molar-refractivity contribution is 5.99. The summed E-state index contributed by atoms with van der Waals surface area (Å²) in [5.74, 6) is -14.9. The molecule has 64 heavy (non-hydrogen) atoms. The van der Waals surface area contributed by atoms with Gasteiger partial charge in [-0.2, -0.15) is 0 Å². The molecule has 1 aromatic heterocycles. The van der Waals surface area contributed by atoms with Gasteiger partial charge >= 0.3 is 29.8 Å². The monoisotopic (exact) mass is 896 g/mol. The van der Waals surface area contributed by atoms with Crippen molar-refractivity contribution in [3.63, 3.8) is 0 Å². The smallest absolute Gasteiger partial charge is 0.326 e. The molecule has 0 unspecified atom stereocenters. The number of hydrogen-bond donors (Lipinski definition) is 13. The number of rotatable bonds is 26. The highest BCUT2D eigenvalue weighted by atomic mass is 16.4. The van der Waals surface area contributed by atoms with Crippen molar-refractivity contribution in [3.05, 3.63) is 71.9 Å². The van der Waals surface area contributed by atoms with Crippen molar-refractivity contribution in [2.24, 2.45) is 5.73 Å². The Labute approximate surface area is 362 Å². The Hall–Kier alpha value is -7.89. The molecular weight excluding hydrogens is 848 g/mol. The molecule has 14 N–H and O–H groups in total. The third-order valence-electron chi connectivity index (χ3n) is 9.42. The summed E-state index contributed by atoms with van der Waals surface area (Å²) in [6.07, 6.45) is -3.26. The predicted octanol–water partition coefficient (Wildman–Crippen LogP) is -2.42. The Bertz CT molecular complexity index is 2230. The molecule has 6 amide bonds. The molecule has 0 saturated heterocycles. The number of aromatic nitrogens is 1. The number of benzene rings is 2. The quantitative estimate of drug-likeness (QED) is 0.0399. The molecule has 0 aliphatic carbocycles. The molecule has 0 aliphatic heterocycles. The molecule has 0 radical (unpaired) electrons. The lowest BCUT2D eigenvalue weighted by atomic mass is 10.0. The van der Waals surface area contributed by atoms with Gasteiger partial charge in [-0.15, -0.1) is 0 Å². The van der Waals surface area contributed by atoms with E-state index in [2.05, 4.69) is 31.6 Å². The van der Waals surface area contributed by atoms with Crippen molar-refractivity contribution in [2.75, 3.05) is 0 Å². The molecule has 0 spiro atoms. The van der Waals surface area contributed by atoms with E-state index in [1.165, 1.54) is 6.20 Å². The first-order chi connectivity index (χ1) is 30.1. The summed E-state index contributed by atoms with van der Waals surface area (Å²) in [6, 6.07) is 2.66. The first kappa shape index (κ1) is 50.5. The Kier molecular flexibility index (Phi) is 18.9. The normalized spacial score (nSPS) is 14.2. The van der Waals surface area contributed by atoms with Crippen LogP contribution in [0.1, 0.15) is 50.2 Å². The second-order valence-electron chi connectivity index (χ2n) is 14.5. The summed E-state index contributed by atoms with van der Waals surface area (Å²) < 4.78 is 0. The van der Waals surface area contributed by atoms with Crippen LogP contribution in [0, 0.1) is 0 Å². The van der Waals surface area contributed by atoms with E-state index in [4.69, 9.17) is 10.8 Å². The van der Waals surface area contributed by atoms with Gasteiger partial charge in [0.2, 0.25) is 35.4 Å². The fourth-order valence-electron chi connectivity index (χ4n) is 6.11. The van der Waals surface area contributed by atoms with Gasteiger partial charge in [-0.3, -0.25) is 47.9 Å². The zero-order valence-corrected chi connectivity index (χ0v) is 34.1. The average molecular weight is 897 g/mol. The van der Waals surface area contributed by atoms with Crippen molar-refractivity contribution in [2.45, 2.75) is 94.2 Å². The number of nitrogens with two attached hydrogens (primary N) is 1. The van der Waals surface area contributed by atoms with Gasteiger partial charge in [-0.1, -0.05) is 48.5 Å². The lowest BCUT2D eigenvalue weighted by Gasteiger charge is -2.26. The molecule has 7 atom stereocenters. The van der Waals surface area contributed by atoms with E-state index in [0.717, 1.165) is 6.92 Å². The molecule has 0 bridgehead atoms. The van der Waals surface area contributed by atoms with E-state index in [0.29, 0.717) is 22.0 Å². The van der Waals surface area contributed by atoms with Crippen molar-refractivity contribution in [1.82, 2.24) is 36.9 Å². The number of hydrogen-bond acceptors (Lipinski definition) is 12. The molecule has 0 aliphatic rings. The number of carbonyl (C=O) groups excluding carboxylic acids is 6. The Balaban J connectivity index is 1.89. The third kappa shape index (κ3) is 16.2. The van der Waals surface area contributed by atoms with E-state index in [1.54, 1.807) is 54.6 Å².